The largest absolute Gasteiger partial charge is 0.493 e. The van der Waals surface area contributed by atoms with Gasteiger partial charge in [-0.15, -0.1) is 0 Å². The summed E-state index contributed by atoms with van der Waals surface area (Å²) in [6.07, 6.45) is 0. The van der Waals surface area contributed by atoms with Gasteiger partial charge in [0.05, 0.1) is 43.1 Å². The van der Waals surface area contributed by atoms with Gasteiger partial charge in [0.2, 0.25) is 0 Å². The van der Waals surface area contributed by atoms with Crippen molar-refractivity contribution in [2.45, 2.75) is 6.92 Å². The molecular formula is C20H23N3O6. The zero-order chi connectivity index (χ0) is 20.8. The molecule has 1 amide bonds. The summed E-state index contributed by atoms with van der Waals surface area (Å²) in [5.41, 5.74) is 1.22. The van der Waals surface area contributed by atoms with Gasteiger partial charge >= 0.3 is 0 Å². The predicted octanol–water partition coefficient (Wildman–Crippen LogP) is 3.09. The van der Waals surface area contributed by atoms with Gasteiger partial charge in [-0.2, -0.15) is 0 Å². The summed E-state index contributed by atoms with van der Waals surface area (Å²) >= 11 is 0. The number of nitro groups is 1. The van der Waals surface area contributed by atoms with Gasteiger partial charge in [-0.3, -0.25) is 14.9 Å². The summed E-state index contributed by atoms with van der Waals surface area (Å²) in [5, 5.41) is 14.0. The van der Waals surface area contributed by atoms with Crippen LogP contribution in [-0.2, 0) is 4.74 Å². The number of non-ortho nitro benzene ring substituents is 1. The molecular weight excluding hydrogens is 378 g/mol. The standard InChI is InChI=1S/C20H23N3O6/c1-3-29-18-7-4-14(12-19(18)27-2)21-20(24)16-13-15(23(25)26)5-6-17(16)22-8-10-28-11-9-22/h4-7,12-13H,3,8-11H2,1-2H3,(H,21,24). The number of hydrogen-bond donors (Lipinski definition) is 1. The molecule has 9 heteroatoms. The second kappa shape index (κ2) is 9.24. The number of carbonyl (C=O) groups excluding carboxylic acids is 1. The number of anilines is 2. The molecule has 0 spiro atoms. The minimum absolute atomic E-state index is 0.142. The zero-order valence-electron chi connectivity index (χ0n) is 16.3. The lowest BCUT2D eigenvalue weighted by atomic mass is 10.1. The Hall–Kier alpha value is -3.33. The number of carbonyl (C=O) groups is 1. The van der Waals surface area contributed by atoms with Crippen LogP contribution in [0, 0.1) is 10.1 Å². The molecule has 154 valence electrons. The first kappa shape index (κ1) is 20.4. The van der Waals surface area contributed by atoms with E-state index in [2.05, 4.69) is 5.32 Å². The SMILES string of the molecule is CCOc1ccc(NC(=O)c2cc([N+](=O)[O-])ccc2N2CCOCC2)cc1OC. The van der Waals surface area contributed by atoms with Crippen molar-refractivity contribution in [2.24, 2.45) is 0 Å². The Kier molecular flexibility index (Phi) is 6.50. The number of nitrogens with one attached hydrogen (secondary N) is 1. The average Bonchev–Trinajstić information content (AvgIpc) is 2.75. The van der Waals surface area contributed by atoms with E-state index in [0.29, 0.717) is 55.8 Å². The highest BCUT2D eigenvalue weighted by Crippen LogP contribution is 2.31. The Morgan fingerprint density at radius 3 is 2.62 bits per heavy atom. The van der Waals surface area contributed by atoms with Gasteiger partial charge in [-0.05, 0) is 25.1 Å². The number of amides is 1. The molecule has 0 radical (unpaired) electrons. The lowest BCUT2D eigenvalue weighted by Gasteiger charge is -2.30. The number of nitrogens with zero attached hydrogens (tertiary/aromatic N) is 2. The highest BCUT2D eigenvalue weighted by molar-refractivity contribution is 6.08. The molecule has 1 N–H and O–H groups in total. The number of morpholine rings is 1. The predicted molar refractivity (Wildman–Crippen MR) is 108 cm³/mol. The number of nitro benzene ring substituents is 1. The Morgan fingerprint density at radius 2 is 1.97 bits per heavy atom. The number of hydrogen-bond acceptors (Lipinski definition) is 7. The molecule has 0 aromatic heterocycles. The number of ether oxygens (including phenoxy) is 3. The van der Waals surface area contributed by atoms with Gasteiger partial charge in [-0.1, -0.05) is 0 Å². The third-order valence-electron chi connectivity index (χ3n) is 4.51. The van der Waals surface area contributed by atoms with Crippen molar-refractivity contribution in [2.75, 3.05) is 50.2 Å². The molecule has 1 aliphatic heterocycles. The van der Waals surface area contributed by atoms with Gasteiger partial charge in [0, 0.05) is 37.0 Å². The van der Waals surface area contributed by atoms with E-state index in [-0.39, 0.29) is 11.3 Å². The molecule has 2 aromatic rings. The van der Waals surface area contributed by atoms with Crippen molar-refractivity contribution >= 4 is 23.0 Å². The van der Waals surface area contributed by atoms with Crippen molar-refractivity contribution in [1.29, 1.82) is 0 Å². The second-order valence-corrected chi connectivity index (χ2v) is 6.31. The Labute approximate surface area is 168 Å². The van der Waals surface area contributed by atoms with Crippen molar-refractivity contribution in [3.63, 3.8) is 0 Å². The van der Waals surface area contributed by atoms with E-state index < -0.39 is 10.8 Å². The monoisotopic (exact) mass is 401 g/mol. The average molecular weight is 401 g/mol. The molecule has 1 aliphatic rings. The first-order chi connectivity index (χ1) is 14.0. The smallest absolute Gasteiger partial charge is 0.270 e. The fourth-order valence-corrected chi connectivity index (χ4v) is 3.12. The van der Waals surface area contributed by atoms with E-state index >= 15 is 0 Å². The summed E-state index contributed by atoms with van der Waals surface area (Å²) < 4.78 is 16.1. The molecule has 1 fully saturated rings. The molecule has 0 atom stereocenters. The number of methoxy groups -OCH3 is 1. The Bertz CT molecular complexity index is 896. The first-order valence-electron chi connectivity index (χ1n) is 9.26. The highest BCUT2D eigenvalue weighted by Gasteiger charge is 2.22. The van der Waals surface area contributed by atoms with Gasteiger partial charge in [-0.25, -0.2) is 0 Å². The van der Waals surface area contributed by atoms with E-state index in [1.54, 1.807) is 24.3 Å². The normalized spacial score (nSPS) is 13.7. The number of rotatable bonds is 7. The molecule has 1 saturated heterocycles. The third kappa shape index (κ3) is 4.75. The van der Waals surface area contributed by atoms with Crippen molar-refractivity contribution in [1.82, 2.24) is 0 Å². The van der Waals surface area contributed by atoms with E-state index in [9.17, 15) is 14.9 Å². The van der Waals surface area contributed by atoms with Crippen LogP contribution in [0.4, 0.5) is 17.1 Å². The minimum Gasteiger partial charge on any atom is -0.493 e. The topological polar surface area (TPSA) is 103 Å². The van der Waals surface area contributed by atoms with Gasteiger partial charge in [0.15, 0.2) is 11.5 Å². The maximum absolute atomic E-state index is 13.0. The van der Waals surface area contributed by atoms with E-state index in [4.69, 9.17) is 14.2 Å². The van der Waals surface area contributed by atoms with Crippen LogP contribution in [0.5, 0.6) is 11.5 Å². The molecule has 0 unspecified atom stereocenters. The maximum atomic E-state index is 13.0. The van der Waals surface area contributed by atoms with Gasteiger partial charge in [0.25, 0.3) is 11.6 Å². The van der Waals surface area contributed by atoms with E-state index in [1.165, 1.54) is 19.2 Å². The van der Waals surface area contributed by atoms with Crippen LogP contribution < -0.4 is 19.7 Å². The van der Waals surface area contributed by atoms with Crippen molar-refractivity contribution in [3.05, 3.63) is 52.1 Å². The Morgan fingerprint density at radius 1 is 1.21 bits per heavy atom. The van der Waals surface area contributed by atoms with Gasteiger partial charge in [0.1, 0.15) is 0 Å². The molecule has 3 rings (SSSR count). The molecule has 0 aliphatic carbocycles. The van der Waals surface area contributed by atoms with Gasteiger partial charge < -0.3 is 24.4 Å². The quantitative estimate of drug-likeness (QED) is 0.562. The second-order valence-electron chi connectivity index (χ2n) is 6.31. The van der Waals surface area contributed by atoms with Crippen LogP contribution in [0.15, 0.2) is 36.4 Å². The molecule has 29 heavy (non-hydrogen) atoms. The van der Waals surface area contributed by atoms with Crippen LogP contribution >= 0.6 is 0 Å². The zero-order valence-corrected chi connectivity index (χ0v) is 16.3. The van der Waals surface area contributed by atoms with Crippen LogP contribution in [-0.4, -0.2) is 50.9 Å². The lowest BCUT2D eigenvalue weighted by Crippen LogP contribution is -2.37. The fourth-order valence-electron chi connectivity index (χ4n) is 3.12. The van der Waals surface area contributed by atoms with Crippen molar-refractivity contribution < 1.29 is 23.9 Å². The summed E-state index contributed by atoms with van der Waals surface area (Å²) in [6, 6.07) is 9.35. The third-order valence-corrected chi connectivity index (χ3v) is 4.51. The summed E-state index contributed by atoms with van der Waals surface area (Å²) in [7, 11) is 1.51. The first-order valence-corrected chi connectivity index (χ1v) is 9.26. The molecule has 0 bridgehead atoms. The lowest BCUT2D eigenvalue weighted by molar-refractivity contribution is -0.384. The van der Waals surface area contributed by atoms with Crippen LogP contribution in [0.3, 0.4) is 0 Å². The summed E-state index contributed by atoms with van der Waals surface area (Å²) in [4.78, 5) is 25.7. The minimum atomic E-state index is -0.514. The van der Waals surface area contributed by atoms with E-state index in [0.717, 1.165) is 0 Å². The van der Waals surface area contributed by atoms with Crippen LogP contribution in [0.1, 0.15) is 17.3 Å². The van der Waals surface area contributed by atoms with Crippen LogP contribution in [0.25, 0.3) is 0 Å². The highest BCUT2D eigenvalue weighted by atomic mass is 16.6. The maximum Gasteiger partial charge on any atom is 0.270 e. The molecule has 9 nitrogen and oxygen atoms in total. The number of benzene rings is 2. The fraction of sp³-hybridized carbons (Fsp3) is 0.350. The molecule has 0 saturated carbocycles. The van der Waals surface area contributed by atoms with Crippen molar-refractivity contribution in [3.8, 4) is 11.5 Å². The Balaban J connectivity index is 1.90. The summed E-state index contributed by atoms with van der Waals surface area (Å²) in [5.74, 6) is 0.607. The van der Waals surface area contributed by atoms with Crippen LogP contribution in [0.2, 0.25) is 0 Å². The molecule has 2 aromatic carbocycles. The summed E-state index contributed by atoms with van der Waals surface area (Å²) in [6.45, 7) is 4.63. The van der Waals surface area contributed by atoms with E-state index in [1.807, 2.05) is 11.8 Å². The molecule has 1 heterocycles.